The molecule has 244 valence electrons. The summed E-state index contributed by atoms with van der Waals surface area (Å²) in [5.74, 6) is 0.775. The van der Waals surface area contributed by atoms with Gasteiger partial charge in [-0.2, -0.15) is 0 Å². The van der Waals surface area contributed by atoms with E-state index in [1.807, 2.05) is 42.5 Å². The fourth-order valence-corrected chi connectivity index (χ4v) is 9.15. The van der Waals surface area contributed by atoms with Crippen molar-refractivity contribution >= 4 is 76.7 Å². The second-order valence-electron chi connectivity index (χ2n) is 14.5. The van der Waals surface area contributed by atoms with Crippen molar-refractivity contribution in [2.24, 2.45) is 0 Å². The summed E-state index contributed by atoms with van der Waals surface area (Å²) < 4.78 is 15.5. The molecule has 7 aromatic carbocycles. The van der Waals surface area contributed by atoms with Crippen LogP contribution >= 0.6 is 0 Å². The van der Waals surface area contributed by atoms with Crippen molar-refractivity contribution < 1.29 is 8.83 Å². The molecule has 0 atom stereocenters. The van der Waals surface area contributed by atoms with Crippen LogP contribution in [0.2, 0.25) is 0 Å². The van der Waals surface area contributed by atoms with Gasteiger partial charge in [0.2, 0.25) is 0 Å². The molecule has 52 heavy (non-hydrogen) atoms. The van der Waals surface area contributed by atoms with E-state index in [2.05, 4.69) is 115 Å². The molecule has 0 N–H and O–H groups in total. The minimum absolute atomic E-state index is 0.237. The van der Waals surface area contributed by atoms with Gasteiger partial charge in [0, 0.05) is 43.3 Å². The molecule has 0 aliphatic heterocycles. The lowest BCUT2D eigenvalue weighted by Crippen LogP contribution is -2.17. The number of nitrogens with zero attached hydrogens (tertiary/aromatic N) is 3. The van der Waals surface area contributed by atoms with Gasteiger partial charge in [-0.15, -0.1) is 0 Å². The van der Waals surface area contributed by atoms with Crippen LogP contribution in [0.25, 0.3) is 105 Å². The van der Waals surface area contributed by atoms with E-state index >= 15 is 0 Å². The fourth-order valence-electron chi connectivity index (χ4n) is 9.15. The molecule has 5 heteroatoms. The van der Waals surface area contributed by atoms with Crippen LogP contribution in [0.4, 0.5) is 0 Å². The van der Waals surface area contributed by atoms with Crippen molar-refractivity contribution in [3.63, 3.8) is 0 Å². The van der Waals surface area contributed by atoms with Crippen LogP contribution in [-0.4, -0.2) is 14.5 Å². The first kappa shape index (κ1) is 28.0. The molecule has 0 radical (unpaired) electrons. The summed E-state index contributed by atoms with van der Waals surface area (Å²) in [6, 6.07) is 48.9. The summed E-state index contributed by atoms with van der Waals surface area (Å²) in [5.41, 5.74) is 13.8. The van der Waals surface area contributed by atoms with E-state index in [9.17, 15) is 0 Å². The number of furan rings is 2. The highest BCUT2D eigenvalue weighted by molar-refractivity contribution is 6.27. The second kappa shape index (κ2) is 9.74. The molecular weight excluding hydrogens is 639 g/mol. The Morgan fingerprint density at radius 1 is 0.500 bits per heavy atom. The lowest BCUT2D eigenvalue weighted by atomic mass is 9.81. The van der Waals surface area contributed by atoms with Gasteiger partial charge in [-0.05, 0) is 64.7 Å². The van der Waals surface area contributed by atoms with E-state index < -0.39 is 0 Å². The molecule has 5 nitrogen and oxygen atoms in total. The van der Waals surface area contributed by atoms with Crippen molar-refractivity contribution in [3.8, 4) is 28.2 Å². The maximum absolute atomic E-state index is 6.85. The summed E-state index contributed by atoms with van der Waals surface area (Å²) in [5, 5.41) is 6.59. The van der Waals surface area contributed by atoms with E-state index in [1.54, 1.807) is 0 Å². The van der Waals surface area contributed by atoms with Crippen molar-refractivity contribution in [3.05, 3.63) is 151 Å². The summed E-state index contributed by atoms with van der Waals surface area (Å²) in [6.45, 7) is 4.70. The molecule has 1 aliphatic carbocycles. The van der Waals surface area contributed by atoms with Gasteiger partial charge in [-0.25, -0.2) is 9.97 Å². The number of hydrogen-bond donors (Lipinski definition) is 0. The van der Waals surface area contributed by atoms with Crippen molar-refractivity contribution in [2.45, 2.75) is 19.3 Å². The summed E-state index contributed by atoms with van der Waals surface area (Å²) >= 11 is 0. The lowest BCUT2D eigenvalue weighted by Gasteiger charge is -2.24. The molecule has 0 spiro atoms. The molecule has 0 unspecified atom stereocenters. The standard InChI is InChI=1S/C47H29N3O2/c1-47(2)33-17-6-3-12-26(33)28-22-23-29-27-13-4-9-20-36(27)50(44(29)42(28)47)46-43(48-34-18-7-8-19-35(34)49-46)32-16-11-15-31-41-39(52-45(31)32)25-24-38-40(41)30-14-5-10-21-37(30)51-38/h3-25H,1-2H3. The quantitative estimate of drug-likeness (QED) is 0.184. The molecule has 4 heterocycles. The van der Waals surface area contributed by atoms with Gasteiger partial charge < -0.3 is 8.83 Å². The summed E-state index contributed by atoms with van der Waals surface area (Å²) in [7, 11) is 0. The van der Waals surface area contributed by atoms with Crippen LogP contribution in [0, 0.1) is 0 Å². The average molecular weight is 668 g/mol. The Labute approximate surface area is 297 Å². The van der Waals surface area contributed by atoms with Crippen LogP contribution in [0.15, 0.2) is 148 Å². The Morgan fingerprint density at radius 3 is 2.06 bits per heavy atom. The molecule has 0 saturated carbocycles. The highest BCUT2D eigenvalue weighted by Crippen LogP contribution is 2.53. The SMILES string of the molecule is CC1(C)c2ccccc2-c2ccc3c4ccccc4n(-c4nc5ccccc5nc4-c4cccc5c4oc4ccc6oc7ccccc7c6c45)c3c21. The van der Waals surface area contributed by atoms with Crippen LogP contribution in [-0.2, 0) is 5.41 Å². The third-order valence-corrected chi connectivity index (χ3v) is 11.4. The number of para-hydroxylation sites is 5. The van der Waals surface area contributed by atoms with Gasteiger partial charge in [0.1, 0.15) is 28.0 Å². The zero-order valence-electron chi connectivity index (χ0n) is 28.4. The second-order valence-corrected chi connectivity index (χ2v) is 14.5. The smallest absolute Gasteiger partial charge is 0.165 e. The van der Waals surface area contributed by atoms with Gasteiger partial charge in [-0.1, -0.05) is 111 Å². The zero-order valence-corrected chi connectivity index (χ0v) is 28.4. The average Bonchev–Trinajstić information content (AvgIpc) is 3.91. The lowest BCUT2D eigenvalue weighted by molar-refractivity contribution is 0.663. The topological polar surface area (TPSA) is 57.0 Å². The summed E-state index contributed by atoms with van der Waals surface area (Å²) in [6.07, 6.45) is 0. The maximum Gasteiger partial charge on any atom is 0.165 e. The van der Waals surface area contributed by atoms with Gasteiger partial charge in [-0.3, -0.25) is 4.57 Å². The molecule has 1 aliphatic rings. The Morgan fingerprint density at radius 2 is 1.17 bits per heavy atom. The van der Waals surface area contributed by atoms with Crippen LogP contribution < -0.4 is 0 Å². The van der Waals surface area contributed by atoms with E-state index in [0.717, 1.165) is 83.0 Å². The van der Waals surface area contributed by atoms with Gasteiger partial charge in [0.15, 0.2) is 5.82 Å². The van der Waals surface area contributed by atoms with Gasteiger partial charge in [0.05, 0.1) is 22.1 Å². The van der Waals surface area contributed by atoms with Crippen LogP contribution in [0.3, 0.4) is 0 Å². The van der Waals surface area contributed by atoms with Crippen LogP contribution in [0.5, 0.6) is 0 Å². The predicted molar refractivity (Wildman–Crippen MR) is 211 cm³/mol. The monoisotopic (exact) mass is 667 g/mol. The van der Waals surface area contributed by atoms with E-state index in [4.69, 9.17) is 18.8 Å². The van der Waals surface area contributed by atoms with Crippen LogP contribution in [0.1, 0.15) is 25.0 Å². The molecule has 0 amide bonds. The zero-order chi connectivity index (χ0) is 34.3. The molecule has 0 fully saturated rings. The van der Waals surface area contributed by atoms with Gasteiger partial charge >= 0.3 is 0 Å². The number of rotatable bonds is 2. The molecule has 4 aromatic heterocycles. The van der Waals surface area contributed by atoms with Crippen molar-refractivity contribution in [1.82, 2.24) is 14.5 Å². The molecule has 11 aromatic rings. The number of benzene rings is 7. The number of hydrogen-bond acceptors (Lipinski definition) is 4. The fraction of sp³-hybridized carbons (Fsp3) is 0.0638. The normalized spacial score (nSPS) is 13.7. The molecule has 12 rings (SSSR count). The minimum atomic E-state index is -0.237. The third kappa shape index (κ3) is 3.47. The highest BCUT2D eigenvalue weighted by atomic mass is 16.3. The first-order chi connectivity index (χ1) is 25.6. The summed E-state index contributed by atoms with van der Waals surface area (Å²) in [4.78, 5) is 10.9. The highest BCUT2D eigenvalue weighted by Gasteiger charge is 2.39. The van der Waals surface area contributed by atoms with Crippen molar-refractivity contribution in [2.75, 3.05) is 0 Å². The van der Waals surface area contributed by atoms with E-state index in [1.165, 1.54) is 33.0 Å². The minimum Gasteiger partial charge on any atom is -0.456 e. The number of aromatic nitrogens is 3. The first-order valence-electron chi connectivity index (χ1n) is 17.8. The molecule has 0 saturated heterocycles. The van der Waals surface area contributed by atoms with E-state index in [0.29, 0.717) is 0 Å². The van der Waals surface area contributed by atoms with E-state index in [-0.39, 0.29) is 5.41 Å². The Bertz CT molecular complexity index is 3340. The Hall–Kier alpha value is -6.72. The Kier molecular flexibility index (Phi) is 5.25. The predicted octanol–water partition coefficient (Wildman–Crippen LogP) is 12.5. The number of fused-ring (bicyclic) bond motifs is 15. The maximum atomic E-state index is 6.85. The molecule has 0 bridgehead atoms. The Balaban J connectivity index is 1.24. The van der Waals surface area contributed by atoms with Gasteiger partial charge in [0.25, 0.3) is 0 Å². The largest absolute Gasteiger partial charge is 0.456 e. The first-order valence-corrected chi connectivity index (χ1v) is 17.8. The third-order valence-electron chi connectivity index (χ3n) is 11.4. The van der Waals surface area contributed by atoms with Crippen molar-refractivity contribution in [1.29, 1.82) is 0 Å². The molecular formula is C47H29N3O2.